The van der Waals surface area contributed by atoms with Gasteiger partial charge in [0.2, 0.25) is 0 Å². The molecular weight excluding hydrogens is 671 g/mol. The number of phosphoric acid groups is 1. The third kappa shape index (κ3) is 7.20. The van der Waals surface area contributed by atoms with Crippen molar-refractivity contribution in [2.75, 3.05) is 13.2 Å². The van der Waals surface area contributed by atoms with Crippen molar-refractivity contribution < 1.29 is 32.8 Å². The number of cyclic esters (lactones) is 1. The van der Waals surface area contributed by atoms with Crippen molar-refractivity contribution in [2.45, 2.75) is 63.8 Å². The van der Waals surface area contributed by atoms with Gasteiger partial charge in [-0.15, -0.1) is 6.42 Å². The first-order valence-electron chi connectivity index (χ1n) is 18.1. The highest BCUT2D eigenvalue weighted by molar-refractivity contribution is 7.48. The molecule has 1 N–H and O–H groups in total. The summed E-state index contributed by atoms with van der Waals surface area (Å²) >= 11 is 0. The third-order valence-corrected chi connectivity index (χ3v) is 12.5. The number of hydrogen-bond acceptors (Lipinski definition) is 7. The second kappa shape index (κ2) is 15.4. The van der Waals surface area contributed by atoms with Crippen molar-refractivity contribution in [1.29, 1.82) is 0 Å². The van der Waals surface area contributed by atoms with Gasteiger partial charge in [-0.05, 0) is 63.3 Å². The quantitative estimate of drug-likeness (QED) is 0.0790. The van der Waals surface area contributed by atoms with Crippen LogP contribution in [0.3, 0.4) is 0 Å². The Labute approximate surface area is 306 Å². The molecule has 0 saturated heterocycles. The second-order valence-corrected chi connectivity index (χ2v) is 15.9. The second-order valence-electron chi connectivity index (χ2n) is 14.3. The number of fused-ring (bicyclic) bond motifs is 6. The zero-order chi connectivity index (χ0) is 36.4. The maximum atomic E-state index is 15.2. The van der Waals surface area contributed by atoms with Gasteiger partial charge in [-0.2, -0.15) is 0 Å². The van der Waals surface area contributed by atoms with Crippen LogP contribution in [-0.2, 0) is 27.7 Å². The maximum absolute atomic E-state index is 15.2. The molecule has 4 aromatic rings. The van der Waals surface area contributed by atoms with Crippen molar-refractivity contribution in [3.63, 3.8) is 0 Å². The van der Waals surface area contributed by atoms with Gasteiger partial charge in [0.1, 0.15) is 12.2 Å². The Morgan fingerprint density at radius 1 is 0.769 bits per heavy atom. The van der Waals surface area contributed by atoms with E-state index in [1.165, 1.54) is 6.08 Å². The molecule has 6 atom stereocenters. The Balaban J connectivity index is 1.18. The number of carbonyl (C=O) groups excluding carboxylic acids is 1. The number of aliphatic hydroxyl groups is 1. The monoisotopic (exact) mass is 716 g/mol. The molecule has 0 amide bonds. The molecule has 0 aromatic heterocycles. The molecule has 268 valence electrons. The van der Waals surface area contributed by atoms with Gasteiger partial charge in [-0.25, -0.2) is 9.36 Å². The number of aliphatic hydroxyl groups excluding tert-OH is 1. The number of terminal acetylenes is 1. The number of esters is 1. The van der Waals surface area contributed by atoms with E-state index >= 15 is 4.57 Å². The first-order valence-corrected chi connectivity index (χ1v) is 19.6. The molecule has 0 unspecified atom stereocenters. The lowest BCUT2D eigenvalue weighted by atomic mass is 9.85. The molecule has 1 heterocycles. The summed E-state index contributed by atoms with van der Waals surface area (Å²) in [6.45, 7) is 5.92. The van der Waals surface area contributed by atoms with E-state index in [4.69, 9.17) is 24.7 Å². The Morgan fingerprint density at radius 3 is 1.65 bits per heavy atom. The van der Waals surface area contributed by atoms with Gasteiger partial charge in [0.25, 0.3) is 0 Å². The highest BCUT2D eigenvalue weighted by Crippen LogP contribution is 2.56. The molecule has 4 aromatic carbocycles. The van der Waals surface area contributed by atoms with E-state index in [9.17, 15) is 9.90 Å². The Bertz CT molecular complexity index is 1850. The molecule has 0 radical (unpaired) electrons. The SMILES string of the molecule is C#C[C@H](O)[C@H](C)[C@H](CC[C@H](C)[C@@H]1OC(=O)C=C[C@@H]1C)OP(=O)(OCC1c2ccccc2-c2ccccc21)OCC1c2ccccc2-c2ccccc21. The van der Waals surface area contributed by atoms with Crippen molar-refractivity contribution >= 4 is 13.8 Å². The lowest BCUT2D eigenvalue weighted by Gasteiger charge is -2.33. The third-order valence-electron chi connectivity index (χ3n) is 11.0. The van der Waals surface area contributed by atoms with Gasteiger partial charge >= 0.3 is 13.8 Å². The molecule has 8 heteroatoms. The van der Waals surface area contributed by atoms with E-state index in [0.29, 0.717) is 12.8 Å². The molecule has 0 bridgehead atoms. The van der Waals surface area contributed by atoms with E-state index in [2.05, 4.69) is 54.5 Å². The largest absolute Gasteiger partial charge is 0.475 e. The zero-order valence-electron chi connectivity index (χ0n) is 29.8. The summed E-state index contributed by atoms with van der Waals surface area (Å²) in [5.74, 6) is 1.05. The van der Waals surface area contributed by atoms with Crippen LogP contribution in [0.2, 0.25) is 0 Å². The Morgan fingerprint density at radius 2 is 1.21 bits per heavy atom. The normalized spacial score (nSPS) is 20.2. The van der Waals surface area contributed by atoms with Gasteiger partial charge in [0.05, 0.1) is 19.3 Å². The number of hydrogen-bond donors (Lipinski definition) is 1. The number of benzene rings is 4. The van der Waals surface area contributed by atoms with Crippen LogP contribution in [0.4, 0.5) is 0 Å². The van der Waals surface area contributed by atoms with Crippen LogP contribution in [0.5, 0.6) is 0 Å². The molecule has 7 rings (SSSR count). The summed E-state index contributed by atoms with van der Waals surface area (Å²) in [7, 11) is -4.32. The van der Waals surface area contributed by atoms with Gasteiger partial charge < -0.3 is 9.84 Å². The summed E-state index contributed by atoms with van der Waals surface area (Å²) in [4.78, 5) is 12.1. The summed E-state index contributed by atoms with van der Waals surface area (Å²) < 4.78 is 40.2. The van der Waals surface area contributed by atoms with Crippen LogP contribution < -0.4 is 0 Å². The van der Waals surface area contributed by atoms with Gasteiger partial charge in [-0.3, -0.25) is 13.6 Å². The lowest BCUT2D eigenvalue weighted by molar-refractivity contribution is -0.149. The van der Waals surface area contributed by atoms with E-state index < -0.39 is 25.9 Å². The zero-order valence-corrected chi connectivity index (χ0v) is 30.7. The van der Waals surface area contributed by atoms with Crippen LogP contribution >= 0.6 is 7.82 Å². The minimum Gasteiger partial charge on any atom is -0.458 e. The summed E-state index contributed by atoms with van der Waals surface area (Å²) in [6, 6.07) is 32.7. The predicted molar refractivity (Wildman–Crippen MR) is 202 cm³/mol. The fraction of sp³-hybridized carbons (Fsp3) is 0.341. The summed E-state index contributed by atoms with van der Waals surface area (Å²) in [5, 5.41) is 10.9. The number of rotatable bonds is 14. The summed E-state index contributed by atoms with van der Waals surface area (Å²) in [5.41, 5.74) is 8.81. The molecule has 0 fully saturated rings. The first-order chi connectivity index (χ1) is 25.2. The van der Waals surface area contributed by atoms with Crippen molar-refractivity contribution in [3.8, 4) is 34.6 Å². The molecular formula is C44H45O7P. The summed E-state index contributed by atoms with van der Waals surface area (Å²) in [6.07, 6.45) is 7.65. The van der Waals surface area contributed by atoms with Gasteiger partial charge in [-0.1, -0.05) is 130 Å². The number of phosphoric ester groups is 1. The molecule has 7 nitrogen and oxygen atoms in total. The van der Waals surface area contributed by atoms with E-state index in [-0.39, 0.29) is 49.0 Å². The maximum Gasteiger partial charge on any atom is 0.475 e. The Hall–Kier alpha value is -4.28. The van der Waals surface area contributed by atoms with Gasteiger partial charge in [0, 0.05) is 29.7 Å². The smallest absolute Gasteiger partial charge is 0.458 e. The van der Waals surface area contributed by atoms with Crippen molar-refractivity contribution in [2.24, 2.45) is 17.8 Å². The fourth-order valence-corrected chi connectivity index (χ4v) is 9.58. The minimum atomic E-state index is -4.32. The topological polar surface area (TPSA) is 91.3 Å². The average Bonchev–Trinajstić information content (AvgIpc) is 3.67. The fourth-order valence-electron chi connectivity index (χ4n) is 8.09. The molecule has 0 saturated carbocycles. The van der Waals surface area contributed by atoms with Crippen molar-refractivity contribution in [1.82, 2.24) is 0 Å². The minimum absolute atomic E-state index is 0.0351. The van der Waals surface area contributed by atoms with Crippen molar-refractivity contribution in [3.05, 3.63) is 131 Å². The molecule has 1 aliphatic heterocycles. The van der Waals surface area contributed by atoms with Gasteiger partial charge in [0.15, 0.2) is 0 Å². The van der Waals surface area contributed by atoms with E-state index in [0.717, 1.165) is 44.5 Å². The molecule has 2 aliphatic carbocycles. The molecule has 0 spiro atoms. The number of carbonyl (C=O) groups is 1. The predicted octanol–water partition coefficient (Wildman–Crippen LogP) is 9.30. The van der Waals surface area contributed by atoms with Crippen LogP contribution in [0, 0.1) is 30.1 Å². The Kier molecular flexibility index (Phi) is 10.7. The van der Waals surface area contributed by atoms with Crippen LogP contribution in [0.15, 0.2) is 109 Å². The standard InChI is InChI=1S/C44H45O7P/c1-5-41(45)30(4)42(24-22-28(2)44-29(3)23-25-43(46)50-44)51-52(47,48-26-39-35-18-10-6-14-31(35)32-15-7-11-19-36(32)39)49-27-40-37-20-12-8-16-33(37)34-17-9-13-21-38(34)40/h1,6-21,23,25,28-30,39-42,44-45H,22,24,26-27H2,2-4H3/t28-,29-,30-,41-,42-,44-/m0/s1. The van der Waals surface area contributed by atoms with E-state index in [1.807, 2.05) is 68.5 Å². The first kappa shape index (κ1) is 36.1. The van der Waals surface area contributed by atoms with Crippen LogP contribution in [0.25, 0.3) is 22.3 Å². The van der Waals surface area contributed by atoms with E-state index in [1.54, 1.807) is 6.92 Å². The average molecular weight is 717 g/mol. The lowest BCUT2D eigenvalue weighted by Crippen LogP contribution is -2.35. The van der Waals surface area contributed by atoms with Crippen LogP contribution in [-0.4, -0.2) is 42.6 Å². The number of ether oxygens (including phenoxy) is 1. The highest BCUT2D eigenvalue weighted by Gasteiger charge is 2.40. The highest BCUT2D eigenvalue weighted by atomic mass is 31.2. The molecule has 3 aliphatic rings. The van der Waals surface area contributed by atoms with Crippen LogP contribution in [0.1, 0.15) is 67.7 Å². The molecule has 52 heavy (non-hydrogen) atoms.